The van der Waals surface area contributed by atoms with Gasteiger partial charge in [0.25, 0.3) is 5.91 Å². The third-order valence-corrected chi connectivity index (χ3v) is 2.96. The molecule has 0 fully saturated rings. The molecule has 0 aliphatic carbocycles. The molecular weight excluding hydrogens is 268 g/mol. The summed E-state index contributed by atoms with van der Waals surface area (Å²) >= 11 is 0. The predicted octanol–water partition coefficient (Wildman–Crippen LogP) is 2.34. The molecule has 2 rings (SSSR count). The fraction of sp³-hybridized carbons (Fsp3) is 0.267. The molecule has 1 amide bonds. The smallest absolute Gasteiger partial charge is 0.255 e. The molecular formula is C15H18N4O2. The van der Waals surface area contributed by atoms with Gasteiger partial charge in [0.15, 0.2) is 0 Å². The summed E-state index contributed by atoms with van der Waals surface area (Å²) in [6.45, 7) is 2.00. The molecule has 0 saturated heterocycles. The summed E-state index contributed by atoms with van der Waals surface area (Å²) in [4.78, 5) is 20.7. The Morgan fingerprint density at radius 3 is 2.71 bits per heavy atom. The van der Waals surface area contributed by atoms with E-state index in [2.05, 4.69) is 20.6 Å². The number of methoxy groups -OCH3 is 1. The summed E-state index contributed by atoms with van der Waals surface area (Å²) < 4.78 is 4.98. The average molecular weight is 286 g/mol. The van der Waals surface area contributed by atoms with Gasteiger partial charge in [-0.3, -0.25) is 4.79 Å². The number of carbonyl (C=O) groups is 1. The number of rotatable bonds is 5. The van der Waals surface area contributed by atoms with E-state index in [1.807, 2.05) is 6.92 Å². The first-order valence-electron chi connectivity index (χ1n) is 6.66. The molecule has 6 heteroatoms. The van der Waals surface area contributed by atoms with Crippen molar-refractivity contribution in [2.75, 3.05) is 24.8 Å². The van der Waals surface area contributed by atoms with E-state index in [0.717, 1.165) is 12.1 Å². The molecule has 0 aromatic carbocycles. The molecule has 0 bridgehead atoms. The molecule has 21 heavy (non-hydrogen) atoms. The highest BCUT2D eigenvalue weighted by Gasteiger charge is 2.10. The van der Waals surface area contributed by atoms with Gasteiger partial charge in [0.05, 0.1) is 19.0 Å². The number of anilines is 2. The van der Waals surface area contributed by atoms with Crippen LogP contribution < -0.4 is 15.4 Å². The SMILES string of the molecule is CCc1cc(C(=O)Nc2ccc(OC)nc2)cc(NC)n1. The highest BCUT2D eigenvalue weighted by atomic mass is 16.5. The number of hydrogen-bond donors (Lipinski definition) is 2. The van der Waals surface area contributed by atoms with E-state index >= 15 is 0 Å². The number of carbonyl (C=O) groups excluding carboxylic acids is 1. The quantitative estimate of drug-likeness (QED) is 0.882. The van der Waals surface area contributed by atoms with E-state index in [9.17, 15) is 4.79 Å². The van der Waals surface area contributed by atoms with Crippen molar-refractivity contribution in [1.82, 2.24) is 9.97 Å². The Kier molecular flexibility index (Phi) is 4.71. The van der Waals surface area contributed by atoms with Crippen molar-refractivity contribution in [1.29, 1.82) is 0 Å². The van der Waals surface area contributed by atoms with Gasteiger partial charge in [0.2, 0.25) is 5.88 Å². The lowest BCUT2D eigenvalue weighted by Crippen LogP contribution is -2.13. The molecule has 0 radical (unpaired) electrons. The van der Waals surface area contributed by atoms with Crippen LogP contribution in [0.15, 0.2) is 30.5 Å². The Bertz CT molecular complexity index is 604. The van der Waals surface area contributed by atoms with Gasteiger partial charge in [-0.15, -0.1) is 0 Å². The number of hydrogen-bond acceptors (Lipinski definition) is 5. The minimum Gasteiger partial charge on any atom is -0.481 e. The van der Waals surface area contributed by atoms with Crippen LogP contribution in [0.3, 0.4) is 0 Å². The van der Waals surface area contributed by atoms with Crippen molar-refractivity contribution in [2.24, 2.45) is 0 Å². The molecule has 0 spiro atoms. The first kappa shape index (κ1) is 14.8. The molecule has 110 valence electrons. The average Bonchev–Trinajstić information content (AvgIpc) is 2.54. The number of aromatic nitrogens is 2. The Morgan fingerprint density at radius 1 is 1.33 bits per heavy atom. The van der Waals surface area contributed by atoms with E-state index in [1.165, 1.54) is 0 Å². The van der Waals surface area contributed by atoms with Crippen molar-refractivity contribution < 1.29 is 9.53 Å². The normalized spacial score (nSPS) is 10.0. The lowest BCUT2D eigenvalue weighted by molar-refractivity contribution is 0.102. The lowest BCUT2D eigenvalue weighted by Gasteiger charge is -2.09. The number of aryl methyl sites for hydroxylation is 1. The van der Waals surface area contributed by atoms with Crippen molar-refractivity contribution in [2.45, 2.75) is 13.3 Å². The van der Waals surface area contributed by atoms with Crippen molar-refractivity contribution in [3.63, 3.8) is 0 Å². The number of pyridine rings is 2. The van der Waals surface area contributed by atoms with Crippen LogP contribution in [0.4, 0.5) is 11.5 Å². The molecule has 0 aliphatic heterocycles. The van der Waals surface area contributed by atoms with Crippen LogP contribution in [0, 0.1) is 0 Å². The first-order chi connectivity index (χ1) is 10.2. The molecule has 2 aromatic heterocycles. The summed E-state index contributed by atoms with van der Waals surface area (Å²) in [6, 6.07) is 6.93. The molecule has 6 nitrogen and oxygen atoms in total. The zero-order chi connectivity index (χ0) is 15.2. The van der Waals surface area contributed by atoms with Gasteiger partial charge in [-0.1, -0.05) is 6.92 Å². The van der Waals surface area contributed by atoms with Crippen LogP contribution >= 0.6 is 0 Å². The van der Waals surface area contributed by atoms with Crippen molar-refractivity contribution in [3.05, 3.63) is 41.7 Å². The topological polar surface area (TPSA) is 76.1 Å². The lowest BCUT2D eigenvalue weighted by atomic mass is 10.1. The summed E-state index contributed by atoms with van der Waals surface area (Å²) in [5.41, 5.74) is 2.03. The molecule has 0 unspecified atom stereocenters. The van der Waals surface area contributed by atoms with Gasteiger partial charge < -0.3 is 15.4 Å². The third kappa shape index (κ3) is 3.68. The summed E-state index contributed by atoms with van der Waals surface area (Å²) in [5.74, 6) is 0.977. The summed E-state index contributed by atoms with van der Waals surface area (Å²) in [6.07, 6.45) is 2.32. The van der Waals surface area contributed by atoms with Crippen LogP contribution in [0.25, 0.3) is 0 Å². The van der Waals surface area contributed by atoms with Gasteiger partial charge in [-0.05, 0) is 24.6 Å². The number of nitrogens with one attached hydrogen (secondary N) is 2. The summed E-state index contributed by atoms with van der Waals surface area (Å²) in [7, 11) is 3.32. The first-order valence-corrected chi connectivity index (χ1v) is 6.66. The zero-order valence-corrected chi connectivity index (χ0v) is 12.3. The van der Waals surface area contributed by atoms with Crippen LogP contribution in [0.5, 0.6) is 5.88 Å². The maximum atomic E-state index is 12.3. The minimum absolute atomic E-state index is 0.199. The second-order valence-electron chi connectivity index (χ2n) is 4.38. The van der Waals surface area contributed by atoms with Crippen LogP contribution in [-0.2, 0) is 6.42 Å². The Labute approximate surface area is 123 Å². The highest BCUT2D eigenvalue weighted by Crippen LogP contribution is 2.15. The van der Waals surface area contributed by atoms with E-state index < -0.39 is 0 Å². The van der Waals surface area contributed by atoms with Gasteiger partial charge in [-0.25, -0.2) is 9.97 Å². The number of amides is 1. The van der Waals surface area contributed by atoms with E-state index in [-0.39, 0.29) is 5.91 Å². The van der Waals surface area contributed by atoms with Gasteiger partial charge in [0.1, 0.15) is 5.82 Å². The standard InChI is InChI=1S/C15H18N4O2/c1-4-11-7-10(8-13(16-2)18-11)15(20)19-12-5-6-14(21-3)17-9-12/h5-9H,4H2,1-3H3,(H,16,18)(H,19,20). The zero-order valence-electron chi connectivity index (χ0n) is 12.3. The maximum absolute atomic E-state index is 12.3. The van der Waals surface area contributed by atoms with Gasteiger partial charge in [-0.2, -0.15) is 0 Å². The highest BCUT2D eigenvalue weighted by molar-refractivity contribution is 6.04. The second-order valence-corrected chi connectivity index (χ2v) is 4.38. The Hall–Kier alpha value is -2.63. The molecule has 0 atom stereocenters. The fourth-order valence-electron chi connectivity index (χ4n) is 1.81. The Balaban J connectivity index is 2.18. The molecule has 0 aliphatic rings. The molecule has 2 aromatic rings. The van der Waals surface area contributed by atoms with Crippen LogP contribution in [0.1, 0.15) is 23.0 Å². The van der Waals surface area contributed by atoms with Crippen LogP contribution in [-0.4, -0.2) is 30.0 Å². The fourth-order valence-corrected chi connectivity index (χ4v) is 1.81. The largest absolute Gasteiger partial charge is 0.481 e. The molecule has 2 N–H and O–H groups in total. The Morgan fingerprint density at radius 2 is 2.14 bits per heavy atom. The molecule has 2 heterocycles. The van der Waals surface area contributed by atoms with Crippen LogP contribution in [0.2, 0.25) is 0 Å². The second kappa shape index (κ2) is 6.69. The maximum Gasteiger partial charge on any atom is 0.255 e. The predicted molar refractivity (Wildman–Crippen MR) is 81.9 cm³/mol. The third-order valence-electron chi connectivity index (χ3n) is 2.96. The van der Waals surface area contributed by atoms with E-state index in [4.69, 9.17) is 4.74 Å². The minimum atomic E-state index is -0.199. The number of ether oxygens (including phenoxy) is 1. The van der Waals surface area contributed by atoms with E-state index in [0.29, 0.717) is 22.9 Å². The summed E-state index contributed by atoms with van der Waals surface area (Å²) in [5, 5.41) is 5.76. The molecule has 0 saturated carbocycles. The van der Waals surface area contributed by atoms with Crippen molar-refractivity contribution in [3.8, 4) is 5.88 Å². The monoisotopic (exact) mass is 286 g/mol. The van der Waals surface area contributed by atoms with Gasteiger partial charge in [0, 0.05) is 24.4 Å². The van der Waals surface area contributed by atoms with Crippen molar-refractivity contribution >= 4 is 17.4 Å². The van der Waals surface area contributed by atoms with Gasteiger partial charge >= 0.3 is 0 Å². The number of nitrogens with zero attached hydrogens (tertiary/aromatic N) is 2. The van der Waals surface area contributed by atoms with E-state index in [1.54, 1.807) is 44.6 Å².